The molecule has 114 valence electrons. The summed E-state index contributed by atoms with van der Waals surface area (Å²) in [5, 5.41) is 1.32. The summed E-state index contributed by atoms with van der Waals surface area (Å²) >= 11 is 1.95. The van der Waals surface area contributed by atoms with Gasteiger partial charge in [-0.2, -0.15) is 0 Å². The third-order valence-corrected chi connectivity index (χ3v) is 5.82. The van der Waals surface area contributed by atoms with E-state index in [0.29, 0.717) is 5.41 Å². The van der Waals surface area contributed by atoms with Gasteiger partial charge in [0.25, 0.3) is 0 Å². The number of thiazole rings is 1. The monoisotopic (exact) mass is 315 g/mol. The van der Waals surface area contributed by atoms with Crippen molar-refractivity contribution < 1.29 is 0 Å². The summed E-state index contributed by atoms with van der Waals surface area (Å²) in [6.07, 6.45) is 4.97. The molecule has 1 saturated heterocycles. The number of nitrogens with zero attached hydrogens (tertiary/aromatic N) is 2. The van der Waals surface area contributed by atoms with Crippen molar-refractivity contribution in [2.45, 2.75) is 46.1 Å². The van der Waals surface area contributed by atoms with Gasteiger partial charge in [-0.3, -0.25) is 4.90 Å². The first-order chi connectivity index (χ1) is 9.08. The average molecular weight is 316 g/mol. The van der Waals surface area contributed by atoms with E-state index in [-0.39, 0.29) is 12.4 Å². The second-order valence-corrected chi connectivity index (χ2v) is 7.97. The highest BCUT2D eigenvalue weighted by Crippen LogP contribution is 2.33. The Kier molecular flexibility index (Phi) is 5.11. The van der Waals surface area contributed by atoms with Gasteiger partial charge in [0.05, 0.1) is 12.2 Å². The SMILES string of the molecule is CC1CCc2nc(CN3CCC(C)(CN)C3)sc2C1.Cl. The molecule has 0 aromatic carbocycles. The fraction of sp³-hybridized carbons (Fsp3) is 0.800. The van der Waals surface area contributed by atoms with Gasteiger partial charge in [-0.25, -0.2) is 4.98 Å². The Morgan fingerprint density at radius 2 is 2.30 bits per heavy atom. The number of halogens is 1. The zero-order chi connectivity index (χ0) is 13.5. The van der Waals surface area contributed by atoms with Gasteiger partial charge in [0.2, 0.25) is 0 Å². The lowest BCUT2D eigenvalue weighted by atomic mass is 9.90. The molecule has 3 rings (SSSR count). The molecule has 2 heterocycles. The van der Waals surface area contributed by atoms with Gasteiger partial charge < -0.3 is 5.73 Å². The predicted octanol–water partition coefficient (Wildman–Crippen LogP) is 2.86. The molecule has 2 atom stereocenters. The largest absolute Gasteiger partial charge is 0.330 e. The minimum Gasteiger partial charge on any atom is -0.330 e. The Hall–Kier alpha value is -0.160. The van der Waals surface area contributed by atoms with Crippen molar-refractivity contribution in [1.82, 2.24) is 9.88 Å². The maximum atomic E-state index is 5.88. The van der Waals surface area contributed by atoms with Crippen LogP contribution in [-0.2, 0) is 19.4 Å². The molecule has 3 nitrogen and oxygen atoms in total. The summed E-state index contributed by atoms with van der Waals surface area (Å²) in [6, 6.07) is 0. The molecule has 0 radical (unpaired) electrons. The van der Waals surface area contributed by atoms with Crippen molar-refractivity contribution >= 4 is 23.7 Å². The standard InChI is InChI=1S/C15H25N3S.ClH/c1-11-3-4-12-13(7-11)19-14(17-12)8-18-6-5-15(2,9-16)10-18;/h11H,3-10,16H2,1-2H3;1H. The number of likely N-dealkylation sites (tertiary alicyclic amines) is 1. The van der Waals surface area contributed by atoms with E-state index < -0.39 is 0 Å². The van der Waals surface area contributed by atoms with Gasteiger partial charge >= 0.3 is 0 Å². The van der Waals surface area contributed by atoms with Crippen LogP contribution in [0.2, 0.25) is 0 Å². The lowest BCUT2D eigenvalue weighted by molar-refractivity contribution is 0.274. The van der Waals surface area contributed by atoms with Crippen LogP contribution < -0.4 is 5.73 Å². The summed E-state index contributed by atoms with van der Waals surface area (Å²) in [6.45, 7) is 8.80. The van der Waals surface area contributed by atoms with E-state index >= 15 is 0 Å². The quantitative estimate of drug-likeness (QED) is 0.932. The number of fused-ring (bicyclic) bond motifs is 1. The van der Waals surface area contributed by atoms with E-state index in [1.807, 2.05) is 11.3 Å². The van der Waals surface area contributed by atoms with Gasteiger partial charge in [0.15, 0.2) is 0 Å². The van der Waals surface area contributed by atoms with Gasteiger partial charge in [0, 0.05) is 11.4 Å². The molecule has 1 aromatic heterocycles. The second kappa shape index (κ2) is 6.30. The van der Waals surface area contributed by atoms with Crippen LogP contribution in [0.4, 0.5) is 0 Å². The molecule has 1 aliphatic carbocycles. The lowest BCUT2D eigenvalue weighted by Crippen LogP contribution is -2.31. The number of nitrogens with two attached hydrogens (primary N) is 1. The number of hydrogen-bond acceptors (Lipinski definition) is 4. The Morgan fingerprint density at radius 1 is 1.50 bits per heavy atom. The minimum absolute atomic E-state index is 0. The molecular formula is C15H26ClN3S. The summed E-state index contributed by atoms with van der Waals surface area (Å²) < 4.78 is 0. The van der Waals surface area contributed by atoms with E-state index in [9.17, 15) is 0 Å². The molecule has 2 unspecified atom stereocenters. The maximum absolute atomic E-state index is 5.88. The van der Waals surface area contributed by atoms with Crippen LogP contribution in [0.15, 0.2) is 0 Å². The molecule has 0 amide bonds. The molecular weight excluding hydrogens is 290 g/mol. The zero-order valence-corrected chi connectivity index (χ0v) is 14.2. The van der Waals surface area contributed by atoms with Crippen molar-refractivity contribution in [3.63, 3.8) is 0 Å². The minimum atomic E-state index is 0. The molecule has 0 spiro atoms. The van der Waals surface area contributed by atoms with Gasteiger partial charge in [-0.05, 0) is 50.1 Å². The fourth-order valence-corrected chi connectivity index (χ4v) is 4.60. The summed E-state index contributed by atoms with van der Waals surface area (Å²) in [7, 11) is 0. The molecule has 1 aliphatic heterocycles. The first-order valence-corrected chi connectivity index (χ1v) is 8.29. The van der Waals surface area contributed by atoms with E-state index in [2.05, 4.69) is 18.7 Å². The lowest BCUT2D eigenvalue weighted by Gasteiger charge is -2.21. The highest BCUT2D eigenvalue weighted by atomic mass is 35.5. The first-order valence-electron chi connectivity index (χ1n) is 7.48. The summed E-state index contributed by atoms with van der Waals surface area (Å²) in [5.41, 5.74) is 7.59. The van der Waals surface area contributed by atoms with Crippen molar-refractivity contribution in [2.75, 3.05) is 19.6 Å². The van der Waals surface area contributed by atoms with E-state index in [1.165, 1.54) is 42.9 Å². The Balaban J connectivity index is 0.00000147. The van der Waals surface area contributed by atoms with Crippen molar-refractivity contribution in [1.29, 1.82) is 0 Å². The van der Waals surface area contributed by atoms with Crippen LogP contribution in [0.25, 0.3) is 0 Å². The van der Waals surface area contributed by atoms with Crippen molar-refractivity contribution in [3.05, 3.63) is 15.6 Å². The molecule has 0 bridgehead atoms. The van der Waals surface area contributed by atoms with Gasteiger partial charge in [0.1, 0.15) is 5.01 Å². The normalized spacial score (nSPS) is 30.1. The fourth-order valence-electron chi connectivity index (χ4n) is 3.28. The number of aromatic nitrogens is 1. The van der Waals surface area contributed by atoms with Crippen molar-refractivity contribution in [2.24, 2.45) is 17.1 Å². The topological polar surface area (TPSA) is 42.2 Å². The highest BCUT2D eigenvalue weighted by Gasteiger charge is 2.33. The molecule has 2 N–H and O–H groups in total. The summed E-state index contributed by atoms with van der Waals surface area (Å²) in [5.74, 6) is 0.841. The Morgan fingerprint density at radius 3 is 3.00 bits per heavy atom. The number of hydrogen-bond donors (Lipinski definition) is 1. The summed E-state index contributed by atoms with van der Waals surface area (Å²) in [4.78, 5) is 8.95. The average Bonchev–Trinajstić information content (AvgIpc) is 2.93. The van der Waals surface area contributed by atoms with E-state index in [4.69, 9.17) is 10.7 Å². The smallest absolute Gasteiger partial charge is 0.107 e. The predicted molar refractivity (Wildman–Crippen MR) is 87.6 cm³/mol. The second-order valence-electron chi connectivity index (χ2n) is 6.80. The Bertz CT molecular complexity index is 462. The molecule has 5 heteroatoms. The van der Waals surface area contributed by atoms with E-state index in [1.54, 1.807) is 4.88 Å². The maximum Gasteiger partial charge on any atom is 0.107 e. The van der Waals surface area contributed by atoms with Crippen LogP contribution in [-0.4, -0.2) is 29.5 Å². The van der Waals surface area contributed by atoms with Crippen LogP contribution in [0, 0.1) is 11.3 Å². The van der Waals surface area contributed by atoms with Crippen molar-refractivity contribution in [3.8, 4) is 0 Å². The number of rotatable bonds is 3. The third kappa shape index (κ3) is 3.35. The first kappa shape index (κ1) is 16.2. The van der Waals surface area contributed by atoms with Crippen LogP contribution in [0.3, 0.4) is 0 Å². The molecule has 2 aliphatic rings. The number of aryl methyl sites for hydroxylation is 1. The van der Waals surface area contributed by atoms with Gasteiger partial charge in [-0.1, -0.05) is 13.8 Å². The molecule has 20 heavy (non-hydrogen) atoms. The zero-order valence-electron chi connectivity index (χ0n) is 12.5. The molecule has 1 fully saturated rings. The third-order valence-electron chi connectivity index (χ3n) is 4.72. The van der Waals surface area contributed by atoms with Crippen LogP contribution in [0.5, 0.6) is 0 Å². The molecule has 0 saturated carbocycles. The molecule has 1 aromatic rings. The highest BCUT2D eigenvalue weighted by molar-refractivity contribution is 7.11. The Labute approximate surface area is 132 Å². The van der Waals surface area contributed by atoms with Gasteiger partial charge in [-0.15, -0.1) is 23.7 Å². The van der Waals surface area contributed by atoms with Crippen LogP contribution in [0.1, 0.15) is 42.3 Å². The van der Waals surface area contributed by atoms with Crippen LogP contribution >= 0.6 is 23.7 Å². The van der Waals surface area contributed by atoms with E-state index in [0.717, 1.165) is 25.6 Å².